The van der Waals surface area contributed by atoms with E-state index in [2.05, 4.69) is 0 Å². The lowest BCUT2D eigenvalue weighted by molar-refractivity contribution is -0.870. The predicted molar refractivity (Wildman–Crippen MR) is 90.4 cm³/mol. The molecule has 2 nitrogen and oxygen atoms in total. The highest BCUT2D eigenvalue weighted by Gasteiger charge is 2.27. The van der Waals surface area contributed by atoms with Gasteiger partial charge in [-0.15, -0.1) is 0 Å². The zero-order chi connectivity index (χ0) is 17.1. The topological polar surface area (TPSA) is 21.5 Å². The van der Waals surface area contributed by atoms with Crippen LogP contribution >= 0.6 is 0 Å². The van der Waals surface area contributed by atoms with Gasteiger partial charge in [0.05, 0.1) is 18.2 Å². The summed E-state index contributed by atoms with van der Waals surface area (Å²) in [5, 5.41) is 0. The van der Waals surface area contributed by atoms with Crippen molar-refractivity contribution in [3.63, 3.8) is 0 Å². The van der Waals surface area contributed by atoms with Crippen LogP contribution in [0.5, 0.6) is 0 Å². The highest BCUT2D eigenvalue weighted by atomic mass is 19.1. The number of hydrogen-bond acceptors (Lipinski definition) is 1. The van der Waals surface area contributed by atoms with Crippen LogP contribution in [0.2, 0.25) is 0 Å². The van der Waals surface area contributed by atoms with Gasteiger partial charge < -0.3 is 4.90 Å². The fourth-order valence-corrected chi connectivity index (χ4v) is 2.87. The summed E-state index contributed by atoms with van der Waals surface area (Å²) in [6.45, 7) is 1.03. The van der Waals surface area contributed by atoms with E-state index < -0.39 is 0 Å². The highest BCUT2D eigenvalue weighted by Crippen LogP contribution is 2.18. The van der Waals surface area contributed by atoms with Crippen LogP contribution in [0, 0.1) is 11.6 Å². The molecule has 0 aromatic heterocycles. The number of carbonyl (C=O) groups is 1. The monoisotopic (exact) mass is 326 g/mol. The molecule has 122 valence electrons. The molecule has 0 aliphatic carbocycles. The number of carbonyl (C=O) groups excluding carboxylic acids is 1. The van der Waals surface area contributed by atoms with Crippen molar-refractivity contribution < 1.29 is 18.5 Å². The molecule has 0 spiro atoms. The molecule has 0 radical (unpaired) electrons. The Morgan fingerprint density at radius 3 is 1.67 bits per heavy atom. The number of Topliss-reactive ketones (excluding diaryl/α,β-unsaturated/α-hetero) is 1. The molecular weight excluding hydrogens is 308 g/mol. The summed E-state index contributed by atoms with van der Waals surface area (Å²) < 4.78 is 27.7. The Hall–Kier alpha value is -2.59. The SMILES string of the molecule is C[NH+]1CC(=Cc2ccccc2F)C(=O)C(=Cc2ccccc2F)C1. The van der Waals surface area contributed by atoms with Crippen molar-refractivity contribution in [2.45, 2.75) is 0 Å². The lowest BCUT2D eigenvalue weighted by Gasteiger charge is -2.23. The molecule has 3 rings (SSSR count). The van der Waals surface area contributed by atoms with Gasteiger partial charge in [0.25, 0.3) is 0 Å². The van der Waals surface area contributed by atoms with Crippen molar-refractivity contribution in [3.8, 4) is 0 Å². The van der Waals surface area contributed by atoms with Gasteiger partial charge in [-0.2, -0.15) is 0 Å². The second-order valence-corrected chi connectivity index (χ2v) is 6.02. The molecule has 0 amide bonds. The van der Waals surface area contributed by atoms with Crippen molar-refractivity contribution in [1.82, 2.24) is 0 Å². The van der Waals surface area contributed by atoms with Gasteiger partial charge >= 0.3 is 0 Å². The second-order valence-electron chi connectivity index (χ2n) is 6.02. The minimum Gasteiger partial charge on any atom is -0.330 e. The van der Waals surface area contributed by atoms with Crippen LogP contribution in [0.15, 0.2) is 59.7 Å². The van der Waals surface area contributed by atoms with Crippen LogP contribution in [-0.2, 0) is 4.79 Å². The minimum atomic E-state index is -0.361. The molecule has 1 fully saturated rings. The molecule has 1 N–H and O–H groups in total. The van der Waals surface area contributed by atoms with E-state index in [1.54, 1.807) is 48.6 Å². The first-order valence-corrected chi connectivity index (χ1v) is 7.81. The van der Waals surface area contributed by atoms with E-state index in [4.69, 9.17) is 0 Å². The maximum Gasteiger partial charge on any atom is 0.196 e. The van der Waals surface area contributed by atoms with Crippen LogP contribution in [0.3, 0.4) is 0 Å². The van der Waals surface area contributed by atoms with E-state index in [0.29, 0.717) is 35.4 Å². The summed E-state index contributed by atoms with van der Waals surface area (Å²) in [6, 6.07) is 12.7. The number of piperidine rings is 1. The normalized spacial score (nSPS) is 21.5. The fourth-order valence-electron chi connectivity index (χ4n) is 2.87. The number of likely N-dealkylation sites (tertiary alicyclic amines) is 1. The number of nitrogens with one attached hydrogen (secondary N) is 1. The number of likely N-dealkylation sites (N-methyl/N-ethyl adjacent to an activating group) is 1. The summed E-state index contributed by atoms with van der Waals surface area (Å²) in [7, 11) is 1.96. The number of benzene rings is 2. The summed E-state index contributed by atoms with van der Waals surface area (Å²) in [5.74, 6) is -0.867. The third-order valence-corrected chi connectivity index (χ3v) is 4.04. The van der Waals surface area contributed by atoms with Gasteiger partial charge in [0.15, 0.2) is 5.78 Å². The number of halogens is 2. The standard InChI is InChI=1S/C20H17F2NO/c1-23-12-16(10-14-6-2-4-8-18(14)21)20(24)17(13-23)11-15-7-3-5-9-19(15)22/h2-11H,12-13H2,1H3/p+1. The van der Waals surface area contributed by atoms with E-state index in [1.165, 1.54) is 12.1 Å². The maximum absolute atomic E-state index is 13.8. The maximum atomic E-state index is 13.8. The van der Waals surface area contributed by atoms with Crippen molar-refractivity contribution in [3.05, 3.63) is 82.4 Å². The van der Waals surface area contributed by atoms with Gasteiger partial charge in [-0.3, -0.25) is 4.79 Å². The number of hydrogen-bond donors (Lipinski definition) is 1. The van der Waals surface area contributed by atoms with Crippen molar-refractivity contribution >= 4 is 17.9 Å². The van der Waals surface area contributed by atoms with Gasteiger partial charge in [0.2, 0.25) is 0 Å². The number of ketones is 1. The van der Waals surface area contributed by atoms with E-state index in [9.17, 15) is 13.6 Å². The molecule has 2 aromatic rings. The third-order valence-electron chi connectivity index (χ3n) is 4.04. The second kappa shape index (κ2) is 6.89. The molecule has 4 heteroatoms. The zero-order valence-corrected chi connectivity index (χ0v) is 13.4. The summed E-state index contributed by atoms with van der Waals surface area (Å²) in [5.41, 5.74) is 1.85. The van der Waals surface area contributed by atoms with E-state index in [1.807, 2.05) is 7.05 Å². The molecule has 0 saturated carbocycles. The number of quaternary nitrogens is 1. The Balaban J connectivity index is 1.98. The molecule has 0 atom stereocenters. The Labute approximate surface area is 139 Å². The predicted octanol–water partition coefficient (Wildman–Crippen LogP) is 2.53. The third kappa shape index (κ3) is 3.49. The zero-order valence-electron chi connectivity index (χ0n) is 13.4. The van der Waals surface area contributed by atoms with Crippen LogP contribution < -0.4 is 4.90 Å². The summed E-state index contributed by atoms with van der Waals surface area (Å²) >= 11 is 0. The van der Waals surface area contributed by atoms with E-state index in [-0.39, 0.29) is 17.4 Å². The van der Waals surface area contributed by atoms with Crippen molar-refractivity contribution in [1.29, 1.82) is 0 Å². The lowest BCUT2D eigenvalue weighted by Crippen LogP contribution is -3.10. The van der Waals surface area contributed by atoms with Gasteiger partial charge in [-0.1, -0.05) is 36.4 Å². The van der Waals surface area contributed by atoms with Gasteiger partial charge in [-0.25, -0.2) is 8.78 Å². The first-order chi connectivity index (χ1) is 11.5. The number of rotatable bonds is 2. The fraction of sp³-hybridized carbons (Fsp3) is 0.150. The minimum absolute atomic E-state index is 0.146. The van der Waals surface area contributed by atoms with Crippen LogP contribution in [0.1, 0.15) is 11.1 Å². The summed E-state index contributed by atoms with van der Waals surface area (Å²) in [6.07, 6.45) is 3.19. The molecule has 0 unspecified atom stereocenters. The first kappa shape index (κ1) is 16.3. The van der Waals surface area contributed by atoms with Crippen LogP contribution in [0.4, 0.5) is 8.78 Å². The quantitative estimate of drug-likeness (QED) is 0.842. The molecule has 2 aromatic carbocycles. The van der Waals surface area contributed by atoms with Gasteiger partial charge in [0.1, 0.15) is 24.7 Å². The van der Waals surface area contributed by atoms with E-state index in [0.717, 1.165) is 4.90 Å². The highest BCUT2D eigenvalue weighted by molar-refractivity contribution is 6.14. The van der Waals surface area contributed by atoms with Crippen molar-refractivity contribution in [2.75, 3.05) is 20.1 Å². The molecular formula is C20H18F2NO+. The Morgan fingerprint density at radius 1 is 0.833 bits per heavy atom. The smallest absolute Gasteiger partial charge is 0.196 e. The molecule has 0 bridgehead atoms. The molecule has 1 aliphatic heterocycles. The molecule has 1 saturated heterocycles. The largest absolute Gasteiger partial charge is 0.330 e. The average Bonchev–Trinajstić information content (AvgIpc) is 2.56. The molecule has 1 aliphatic rings. The van der Waals surface area contributed by atoms with E-state index >= 15 is 0 Å². The Bertz CT molecular complexity index is 772. The molecule has 1 heterocycles. The lowest BCUT2D eigenvalue weighted by atomic mass is 9.94. The Kier molecular flexibility index (Phi) is 4.67. The van der Waals surface area contributed by atoms with Gasteiger partial charge in [0, 0.05) is 11.1 Å². The summed E-state index contributed by atoms with van der Waals surface area (Å²) in [4.78, 5) is 13.8. The first-order valence-electron chi connectivity index (χ1n) is 7.81. The molecule has 24 heavy (non-hydrogen) atoms. The van der Waals surface area contributed by atoms with Crippen LogP contribution in [-0.4, -0.2) is 25.9 Å². The van der Waals surface area contributed by atoms with Crippen molar-refractivity contribution in [2.24, 2.45) is 0 Å². The average molecular weight is 326 g/mol. The van der Waals surface area contributed by atoms with Gasteiger partial charge in [-0.05, 0) is 24.3 Å². The van der Waals surface area contributed by atoms with Crippen LogP contribution in [0.25, 0.3) is 12.2 Å². The Morgan fingerprint density at radius 2 is 1.25 bits per heavy atom.